The van der Waals surface area contributed by atoms with E-state index in [0.717, 1.165) is 11.4 Å². The summed E-state index contributed by atoms with van der Waals surface area (Å²) in [5, 5.41) is 11.8. The molecule has 6 nitrogen and oxygen atoms in total. The van der Waals surface area contributed by atoms with Crippen LogP contribution in [0.25, 0.3) is 0 Å². The zero-order chi connectivity index (χ0) is 13.5. The number of ether oxygens (including phenoxy) is 1. The fourth-order valence-electron chi connectivity index (χ4n) is 1.56. The molecular formula is C12H19N3O3. The minimum Gasteiger partial charge on any atom is -0.481 e. The average molecular weight is 253 g/mol. The van der Waals surface area contributed by atoms with Crippen LogP contribution < -0.4 is 10.1 Å². The third-order valence-corrected chi connectivity index (χ3v) is 2.70. The molecule has 0 bridgehead atoms. The Morgan fingerprint density at radius 1 is 1.56 bits per heavy atom. The molecule has 0 aliphatic heterocycles. The van der Waals surface area contributed by atoms with Gasteiger partial charge in [0, 0.05) is 13.0 Å². The van der Waals surface area contributed by atoms with Crippen LogP contribution in [-0.2, 0) is 4.79 Å². The highest BCUT2D eigenvalue weighted by Gasteiger charge is 2.09. The third-order valence-electron chi connectivity index (χ3n) is 2.70. The minimum atomic E-state index is -0.762. The van der Waals surface area contributed by atoms with E-state index in [2.05, 4.69) is 15.3 Å². The van der Waals surface area contributed by atoms with Crippen molar-refractivity contribution in [2.75, 3.05) is 19.0 Å². The molecule has 0 spiro atoms. The number of rotatable bonds is 7. The largest absolute Gasteiger partial charge is 0.481 e. The monoisotopic (exact) mass is 253 g/mol. The minimum absolute atomic E-state index is 0.189. The lowest BCUT2D eigenvalue weighted by atomic mass is 10.1. The average Bonchev–Trinajstić information content (AvgIpc) is 2.35. The molecule has 6 heteroatoms. The Bertz CT molecular complexity index is 410. The highest BCUT2D eigenvalue weighted by Crippen LogP contribution is 2.20. The van der Waals surface area contributed by atoms with Gasteiger partial charge in [0.25, 0.3) is 0 Å². The van der Waals surface area contributed by atoms with Crippen molar-refractivity contribution in [3.05, 3.63) is 11.9 Å². The van der Waals surface area contributed by atoms with Crippen molar-refractivity contribution < 1.29 is 14.6 Å². The summed E-state index contributed by atoms with van der Waals surface area (Å²) >= 11 is 0. The van der Waals surface area contributed by atoms with E-state index in [1.165, 1.54) is 6.33 Å². The van der Waals surface area contributed by atoms with Gasteiger partial charge in [-0.15, -0.1) is 0 Å². The van der Waals surface area contributed by atoms with Crippen molar-refractivity contribution in [3.8, 4) is 5.88 Å². The van der Waals surface area contributed by atoms with Crippen LogP contribution in [0.15, 0.2) is 6.33 Å². The van der Waals surface area contributed by atoms with Crippen LogP contribution in [0.3, 0.4) is 0 Å². The van der Waals surface area contributed by atoms with Crippen LogP contribution in [-0.4, -0.2) is 34.7 Å². The molecule has 100 valence electrons. The zero-order valence-electron chi connectivity index (χ0n) is 10.9. The molecular weight excluding hydrogens is 234 g/mol. The van der Waals surface area contributed by atoms with Gasteiger partial charge in [0.05, 0.1) is 12.7 Å². The van der Waals surface area contributed by atoms with Gasteiger partial charge in [0.2, 0.25) is 5.88 Å². The van der Waals surface area contributed by atoms with E-state index in [1.807, 2.05) is 13.8 Å². The number of hydrogen-bond donors (Lipinski definition) is 2. The summed E-state index contributed by atoms with van der Waals surface area (Å²) < 4.78 is 5.10. The van der Waals surface area contributed by atoms with E-state index in [0.29, 0.717) is 18.8 Å². The van der Waals surface area contributed by atoms with Crippen LogP contribution in [0.5, 0.6) is 5.88 Å². The second-order valence-electron chi connectivity index (χ2n) is 4.28. The first-order valence-corrected chi connectivity index (χ1v) is 5.85. The van der Waals surface area contributed by atoms with E-state index >= 15 is 0 Å². The molecule has 1 unspecified atom stereocenters. The van der Waals surface area contributed by atoms with Crippen molar-refractivity contribution in [3.63, 3.8) is 0 Å². The van der Waals surface area contributed by atoms with Gasteiger partial charge in [-0.25, -0.2) is 9.97 Å². The number of methoxy groups -OCH3 is 1. The van der Waals surface area contributed by atoms with Crippen molar-refractivity contribution >= 4 is 11.8 Å². The Hall–Kier alpha value is -1.85. The maximum Gasteiger partial charge on any atom is 0.303 e. The van der Waals surface area contributed by atoms with Crippen LogP contribution in [0, 0.1) is 12.8 Å². The molecule has 1 rings (SSSR count). The van der Waals surface area contributed by atoms with Gasteiger partial charge in [-0.2, -0.15) is 0 Å². The normalized spacial score (nSPS) is 11.9. The van der Waals surface area contributed by atoms with Gasteiger partial charge in [-0.05, 0) is 19.3 Å². The first kappa shape index (κ1) is 14.2. The van der Waals surface area contributed by atoms with Gasteiger partial charge in [0.1, 0.15) is 12.1 Å². The molecule has 2 N–H and O–H groups in total. The fraction of sp³-hybridized carbons (Fsp3) is 0.583. The number of carboxylic acids is 1. The second kappa shape index (κ2) is 6.78. The number of aromatic nitrogens is 2. The highest BCUT2D eigenvalue weighted by molar-refractivity contribution is 5.66. The topological polar surface area (TPSA) is 84.3 Å². The van der Waals surface area contributed by atoms with E-state index < -0.39 is 5.97 Å². The lowest BCUT2D eigenvalue weighted by Gasteiger charge is -2.14. The van der Waals surface area contributed by atoms with E-state index in [1.54, 1.807) is 7.11 Å². The first-order chi connectivity index (χ1) is 8.54. The lowest BCUT2D eigenvalue weighted by molar-refractivity contribution is -0.137. The standard InChI is InChI=1S/C12H19N3O3/c1-8(4-5-10(16)17)6-13-11-9(2)12(18-3)15-7-14-11/h7-8H,4-6H2,1-3H3,(H,16,17)(H,13,14,15). The molecule has 0 saturated heterocycles. The zero-order valence-corrected chi connectivity index (χ0v) is 10.9. The van der Waals surface area contributed by atoms with Gasteiger partial charge >= 0.3 is 5.97 Å². The summed E-state index contributed by atoms with van der Waals surface area (Å²) in [6.07, 6.45) is 2.27. The highest BCUT2D eigenvalue weighted by atomic mass is 16.5. The summed E-state index contributed by atoms with van der Waals surface area (Å²) in [6, 6.07) is 0. The van der Waals surface area contributed by atoms with Crippen molar-refractivity contribution in [1.29, 1.82) is 0 Å². The Labute approximate surface area is 106 Å². The number of aliphatic carboxylic acids is 1. The number of hydrogen-bond acceptors (Lipinski definition) is 5. The SMILES string of the molecule is COc1ncnc(NCC(C)CCC(=O)O)c1C. The number of anilines is 1. The number of nitrogens with one attached hydrogen (secondary N) is 1. The third kappa shape index (κ3) is 4.20. The Balaban J connectivity index is 2.50. The van der Waals surface area contributed by atoms with Crippen molar-refractivity contribution in [1.82, 2.24) is 9.97 Å². The summed E-state index contributed by atoms with van der Waals surface area (Å²) in [7, 11) is 1.56. The summed E-state index contributed by atoms with van der Waals surface area (Å²) in [6.45, 7) is 4.56. The second-order valence-corrected chi connectivity index (χ2v) is 4.28. The van der Waals surface area contributed by atoms with Crippen LogP contribution in [0.2, 0.25) is 0 Å². The van der Waals surface area contributed by atoms with E-state index in [-0.39, 0.29) is 12.3 Å². The maximum atomic E-state index is 10.5. The molecule has 0 aromatic carbocycles. The van der Waals surface area contributed by atoms with Gasteiger partial charge in [-0.1, -0.05) is 6.92 Å². The molecule has 1 atom stereocenters. The maximum absolute atomic E-state index is 10.5. The molecule has 0 amide bonds. The van der Waals surface area contributed by atoms with Gasteiger partial charge < -0.3 is 15.2 Å². The number of carbonyl (C=O) groups is 1. The Kier molecular flexibility index (Phi) is 5.35. The number of nitrogens with zero attached hydrogens (tertiary/aromatic N) is 2. The predicted molar refractivity (Wildman–Crippen MR) is 67.8 cm³/mol. The Morgan fingerprint density at radius 3 is 2.89 bits per heavy atom. The molecule has 0 aliphatic carbocycles. The summed E-state index contributed by atoms with van der Waals surface area (Å²) in [4.78, 5) is 18.6. The molecule has 18 heavy (non-hydrogen) atoms. The molecule has 0 radical (unpaired) electrons. The molecule has 1 heterocycles. The lowest BCUT2D eigenvalue weighted by Crippen LogP contribution is -2.14. The van der Waals surface area contributed by atoms with Crippen LogP contribution >= 0.6 is 0 Å². The predicted octanol–water partition coefficient (Wildman–Crippen LogP) is 1.71. The van der Waals surface area contributed by atoms with Gasteiger partial charge in [-0.3, -0.25) is 4.79 Å². The molecule has 1 aromatic heterocycles. The number of carboxylic acid groups (broad SMARTS) is 1. The fourth-order valence-corrected chi connectivity index (χ4v) is 1.56. The summed E-state index contributed by atoms with van der Waals surface area (Å²) in [5.41, 5.74) is 0.852. The van der Waals surface area contributed by atoms with Gasteiger partial charge in [0.15, 0.2) is 0 Å². The van der Waals surface area contributed by atoms with Crippen LogP contribution in [0.4, 0.5) is 5.82 Å². The molecule has 0 aliphatic rings. The Morgan fingerprint density at radius 2 is 2.28 bits per heavy atom. The summed E-state index contributed by atoms with van der Waals surface area (Å²) in [5.74, 6) is 0.776. The van der Waals surface area contributed by atoms with Crippen LogP contribution in [0.1, 0.15) is 25.3 Å². The van der Waals surface area contributed by atoms with Crippen molar-refractivity contribution in [2.24, 2.45) is 5.92 Å². The van der Waals surface area contributed by atoms with E-state index in [9.17, 15) is 4.79 Å². The smallest absolute Gasteiger partial charge is 0.303 e. The molecule has 1 aromatic rings. The van der Waals surface area contributed by atoms with E-state index in [4.69, 9.17) is 9.84 Å². The quantitative estimate of drug-likeness (QED) is 0.769. The first-order valence-electron chi connectivity index (χ1n) is 5.85. The molecule has 0 fully saturated rings. The molecule has 0 saturated carbocycles. The van der Waals surface area contributed by atoms with Crippen molar-refractivity contribution in [2.45, 2.75) is 26.7 Å².